The van der Waals surface area contributed by atoms with E-state index in [0.29, 0.717) is 0 Å². The van der Waals surface area contributed by atoms with Crippen molar-refractivity contribution in [1.29, 1.82) is 0 Å². The predicted molar refractivity (Wildman–Crippen MR) is 124 cm³/mol. The first-order chi connectivity index (χ1) is 10.6. The van der Waals surface area contributed by atoms with E-state index >= 15 is 0 Å². The average Bonchev–Trinajstić information content (AvgIpc) is 2.28. The van der Waals surface area contributed by atoms with Crippen molar-refractivity contribution in [1.82, 2.24) is 0 Å². The Morgan fingerprint density at radius 1 is 0.708 bits per heavy atom. The molecule has 0 rings (SSSR count). The summed E-state index contributed by atoms with van der Waals surface area (Å²) >= 11 is 0. The second kappa shape index (κ2) is 8.80. The summed E-state index contributed by atoms with van der Waals surface area (Å²) < 4.78 is 7.05. The molecule has 0 N–H and O–H groups in total. The largest absolute Gasteiger partial charge is 0.422 e. The molecule has 5 heteroatoms. The molecule has 0 aliphatic carbocycles. The predicted octanol–water partition coefficient (Wildman–Crippen LogP) is 6.89. The fourth-order valence-corrected chi connectivity index (χ4v) is 99.1. The van der Waals surface area contributed by atoms with Crippen molar-refractivity contribution in [3.05, 3.63) is 23.3 Å². The molecular formula is C19H44OSi4. The summed E-state index contributed by atoms with van der Waals surface area (Å²) in [6.07, 6.45) is 7.03. The molecule has 0 aromatic carbocycles. The highest BCUT2D eigenvalue weighted by molar-refractivity contribution is 7.87. The molecule has 0 fully saturated rings. The van der Waals surface area contributed by atoms with Crippen LogP contribution in [0.5, 0.6) is 0 Å². The van der Waals surface area contributed by atoms with Crippen LogP contribution in [0.1, 0.15) is 33.6 Å². The molecule has 0 radical (unpaired) electrons. The molecule has 0 atom stereocenters. The Labute approximate surface area is 156 Å². The quantitative estimate of drug-likeness (QED) is 0.302. The minimum atomic E-state index is -1.66. The summed E-state index contributed by atoms with van der Waals surface area (Å²) in [4.78, 5) is 0. The fraction of sp³-hybridized carbons (Fsp3) is 0.789. The first kappa shape index (κ1) is 24.3. The Balaban J connectivity index is 5.36. The third-order valence-corrected chi connectivity index (χ3v) is 72.7. The average molecular weight is 401 g/mol. The van der Waals surface area contributed by atoms with E-state index in [2.05, 4.69) is 91.8 Å². The molecular weight excluding hydrogens is 357 g/mol. The van der Waals surface area contributed by atoms with Gasteiger partial charge in [-0.2, -0.15) is 0 Å². The highest BCUT2D eigenvalue weighted by Crippen LogP contribution is 2.37. The van der Waals surface area contributed by atoms with Crippen molar-refractivity contribution < 1.29 is 4.43 Å². The van der Waals surface area contributed by atoms with Crippen molar-refractivity contribution >= 4 is 29.6 Å². The van der Waals surface area contributed by atoms with Gasteiger partial charge in [0.15, 0.2) is 6.87 Å². The van der Waals surface area contributed by atoms with Gasteiger partial charge in [-0.1, -0.05) is 82.2 Å². The monoisotopic (exact) mass is 400 g/mol. The van der Waals surface area contributed by atoms with Crippen LogP contribution in [0.15, 0.2) is 23.3 Å². The van der Waals surface area contributed by atoms with Crippen molar-refractivity contribution in [2.75, 3.05) is 6.61 Å². The minimum Gasteiger partial charge on any atom is -0.422 e. The van der Waals surface area contributed by atoms with E-state index in [1.54, 1.807) is 0 Å². The molecule has 0 saturated heterocycles. The summed E-state index contributed by atoms with van der Waals surface area (Å²) in [5, 5.41) is 0. The molecule has 0 spiro atoms. The Morgan fingerprint density at radius 2 is 1.12 bits per heavy atom. The summed E-state index contributed by atoms with van der Waals surface area (Å²) in [6.45, 7) is 29.1. The molecule has 0 aromatic rings. The number of allylic oxidation sites excluding steroid dienone is 3. The van der Waals surface area contributed by atoms with Crippen LogP contribution in [0, 0.1) is 0 Å². The van der Waals surface area contributed by atoms with E-state index < -0.39 is 29.6 Å². The van der Waals surface area contributed by atoms with Gasteiger partial charge in [-0.3, -0.25) is 0 Å². The molecule has 0 amide bonds. The molecule has 0 unspecified atom stereocenters. The lowest BCUT2D eigenvalue weighted by atomic mass is 10.1. The van der Waals surface area contributed by atoms with Crippen LogP contribution in [0.3, 0.4) is 0 Å². The third kappa shape index (κ3) is 6.23. The minimum absolute atomic E-state index is 0.853. The van der Waals surface area contributed by atoms with Gasteiger partial charge in [-0.05, 0) is 33.6 Å². The van der Waals surface area contributed by atoms with Crippen LogP contribution in [0.4, 0.5) is 0 Å². The molecule has 142 valence electrons. The number of rotatable bonds is 9. The lowest BCUT2D eigenvalue weighted by Crippen LogP contribution is -2.84. The molecule has 0 heterocycles. The third-order valence-electron chi connectivity index (χ3n) is 4.99. The molecule has 0 aromatic heterocycles. The molecule has 0 bridgehead atoms. The van der Waals surface area contributed by atoms with Gasteiger partial charge < -0.3 is 4.43 Å². The van der Waals surface area contributed by atoms with E-state index in [4.69, 9.17) is 4.43 Å². The summed E-state index contributed by atoms with van der Waals surface area (Å²) in [5.74, 6) is 0. The fourth-order valence-electron chi connectivity index (χ4n) is 5.02. The van der Waals surface area contributed by atoms with Crippen LogP contribution >= 0.6 is 0 Å². The molecule has 0 aliphatic heterocycles. The van der Waals surface area contributed by atoms with Crippen LogP contribution < -0.4 is 0 Å². The first-order valence-corrected chi connectivity index (χ1v) is 24.9. The second-order valence-electron chi connectivity index (χ2n) is 10.6. The SMILES string of the molecule is CC(C)=CCC/C(C)=C/CO[Si]([Si](C)(C)C)([Si](C)(C)C)[Si](C)(C)C. The maximum atomic E-state index is 7.05. The van der Waals surface area contributed by atoms with Gasteiger partial charge in [0.25, 0.3) is 0 Å². The molecule has 0 aliphatic rings. The highest BCUT2D eigenvalue weighted by Gasteiger charge is 2.63. The zero-order valence-electron chi connectivity index (χ0n) is 18.7. The topological polar surface area (TPSA) is 9.23 Å². The van der Waals surface area contributed by atoms with Crippen molar-refractivity contribution in [3.63, 3.8) is 0 Å². The second-order valence-corrected chi connectivity index (χ2v) is 50.1. The molecule has 0 saturated carbocycles. The Hall–Kier alpha value is 0.308. The maximum absolute atomic E-state index is 7.05. The van der Waals surface area contributed by atoms with E-state index in [1.165, 1.54) is 11.1 Å². The maximum Gasteiger partial charge on any atom is 0.158 e. The van der Waals surface area contributed by atoms with Gasteiger partial charge in [0.2, 0.25) is 0 Å². The Morgan fingerprint density at radius 3 is 1.46 bits per heavy atom. The van der Waals surface area contributed by atoms with E-state index in [0.717, 1.165) is 19.4 Å². The molecule has 1 nitrogen and oxygen atoms in total. The van der Waals surface area contributed by atoms with Gasteiger partial charge in [0, 0.05) is 0 Å². The van der Waals surface area contributed by atoms with Gasteiger partial charge in [-0.25, -0.2) is 0 Å². The van der Waals surface area contributed by atoms with E-state index in [1.807, 2.05) is 0 Å². The first-order valence-electron chi connectivity index (χ1n) is 9.49. The lowest BCUT2D eigenvalue weighted by Gasteiger charge is -2.56. The Kier molecular flexibility index (Phi) is 8.91. The number of hydrogen-bond acceptors (Lipinski definition) is 1. The van der Waals surface area contributed by atoms with Gasteiger partial charge in [0.1, 0.15) is 0 Å². The van der Waals surface area contributed by atoms with Gasteiger partial charge in [0.05, 0.1) is 29.4 Å². The summed E-state index contributed by atoms with van der Waals surface area (Å²) in [5.41, 5.74) is 2.90. The van der Waals surface area contributed by atoms with Gasteiger partial charge in [-0.15, -0.1) is 0 Å². The lowest BCUT2D eigenvalue weighted by molar-refractivity contribution is 0.377. The molecule has 24 heavy (non-hydrogen) atoms. The van der Waals surface area contributed by atoms with Crippen LogP contribution in [0.25, 0.3) is 0 Å². The van der Waals surface area contributed by atoms with Crippen molar-refractivity contribution in [2.24, 2.45) is 0 Å². The van der Waals surface area contributed by atoms with Crippen LogP contribution in [-0.4, -0.2) is 36.3 Å². The Bertz CT molecular complexity index is 419. The zero-order valence-corrected chi connectivity index (χ0v) is 22.7. The number of hydrogen-bond donors (Lipinski definition) is 0. The van der Waals surface area contributed by atoms with Crippen LogP contribution in [-0.2, 0) is 4.43 Å². The highest BCUT2D eigenvalue weighted by atomic mass is 29.9. The summed E-state index contributed by atoms with van der Waals surface area (Å²) in [7, 11) is -3.96. The van der Waals surface area contributed by atoms with Crippen LogP contribution in [0.2, 0.25) is 58.9 Å². The zero-order chi connectivity index (χ0) is 19.4. The smallest absolute Gasteiger partial charge is 0.158 e. The van der Waals surface area contributed by atoms with Gasteiger partial charge >= 0.3 is 0 Å². The normalized spacial score (nSPS) is 14.8. The van der Waals surface area contributed by atoms with Crippen molar-refractivity contribution in [2.45, 2.75) is 92.5 Å². The van der Waals surface area contributed by atoms with E-state index in [9.17, 15) is 0 Å². The van der Waals surface area contributed by atoms with Crippen molar-refractivity contribution in [3.8, 4) is 0 Å². The summed E-state index contributed by atoms with van der Waals surface area (Å²) in [6, 6.07) is 0. The van der Waals surface area contributed by atoms with E-state index in [-0.39, 0.29) is 0 Å². The standard InChI is InChI=1S/C19H44OSi4/c1-18(2)14-13-15-19(3)16-17-20-24(21(4,5)6,22(7,8)9)23(10,11)12/h14,16H,13,15,17H2,1-12H3/b19-16+.